The maximum Gasteiger partial charge on any atom is 0.384 e. The molecule has 1 aromatic rings. The van der Waals surface area contributed by atoms with E-state index in [1.54, 1.807) is 0 Å². The average Bonchev–Trinajstić information content (AvgIpc) is 2.82. The van der Waals surface area contributed by atoms with Crippen molar-refractivity contribution in [1.82, 2.24) is 0 Å². The van der Waals surface area contributed by atoms with Crippen molar-refractivity contribution in [2.75, 3.05) is 7.11 Å². The molecular weight excluding hydrogens is 216 g/mol. The van der Waals surface area contributed by atoms with E-state index in [1.165, 1.54) is 24.7 Å². The lowest BCUT2D eigenvalue weighted by molar-refractivity contribution is -0.133. The number of rotatable bonds is 1. The zero-order valence-electron chi connectivity index (χ0n) is 9.69. The fourth-order valence-corrected chi connectivity index (χ4v) is 2.02. The molecule has 0 aliphatic heterocycles. The van der Waals surface area contributed by atoms with Crippen LogP contribution in [-0.2, 0) is 22.4 Å². The third-order valence-electron chi connectivity index (χ3n) is 2.93. The molecule has 0 heterocycles. The monoisotopic (exact) mass is 230 g/mol. The summed E-state index contributed by atoms with van der Waals surface area (Å²) in [6.45, 7) is 0. The molecule has 0 bridgehead atoms. The van der Waals surface area contributed by atoms with E-state index in [2.05, 4.69) is 16.6 Å². The summed E-state index contributed by atoms with van der Waals surface area (Å²) in [6, 6.07) is 5.86. The number of hydrogen-bond donors (Lipinski definition) is 1. The first-order chi connectivity index (χ1) is 8.20. The van der Waals surface area contributed by atoms with Gasteiger partial charge in [-0.1, -0.05) is 24.1 Å². The Kier molecular flexibility index (Phi) is 3.46. The fourth-order valence-electron chi connectivity index (χ4n) is 2.02. The number of aliphatic hydroxyl groups is 1. The summed E-state index contributed by atoms with van der Waals surface area (Å²) in [5, 5.41) is 9.81. The summed E-state index contributed by atoms with van der Waals surface area (Å²) < 4.78 is 4.39. The second-order valence-electron chi connectivity index (χ2n) is 4.05. The lowest BCUT2D eigenvalue weighted by Crippen LogP contribution is -1.99. The molecule has 0 fully saturated rings. The fraction of sp³-hybridized carbons (Fsp3) is 0.357. The molecule has 88 valence electrons. The number of ether oxygens (including phenoxy) is 1. The van der Waals surface area contributed by atoms with Crippen LogP contribution < -0.4 is 0 Å². The predicted molar refractivity (Wildman–Crippen MR) is 63.2 cm³/mol. The lowest BCUT2D eigenvalue weighted by atomic mass is 10.0. The van der Waals surface area contributed by atoms with Crippen LogP contribution in [0.4, 0.5) is 0 Å². The van der Waals surface area contributed by atoms with Gasteiger partial charge in [0.1, 0.15) is 6.10 Å². The van der Waals surface area contributed by atoms with E-state index < -0.39 is 12.1 Å². The van der Waals surface area contributed by atoms with Crippen LogP contribution in [0.25, 0.3) is 0 Å². The van der Waals surface area contributed by atoms with Gasteiger partial charge in [-0.25, -0.2) is 4.79 Å². The highest BCUT2D eigenvalue weighted by molar-refractivity contribution is 5.88. The molecule has 3 nitrogen and oxygen atoms in total. The molecule has 1 aromatic carbocycles. The van der Waals surface area contributed by atoms with Crippen molar-refractivity contribution in [3.8, 4) is 11.8 Å². The van der Waals surface area contributed by atoms with Crippen LogP contribution >= 0.6 is 0 Å². The van der Waals surface area contributed by atoms with Crippen LogP contribution in [0.3, 0.4) is 0 Å². The van der Waals surface area contributed by atoms with Gasteiger partial charge < -0.3 is 9.84 Å². The van der Waals surface area contributed by atoms with E-state index in [9.17, 15) is 9.90 Å². The molecule has 0 spiro atoms. The summed E-state index contributed by atoms with van der Waals surface area (Å²) in [5.74, 6) is 4.07. The molecule has 0 saturated heterocycles. The first-order valence-electron chi connectivity index (χ1n) is 5.60. The van der Waals surface area contributed by atoms with Crippen molar-refractivity contribution in [1.29, 1.82) is 0 Å². The predicted octanol–water partition coefficient (Wildman–Crippen LogP) is 1.39. The second kappa shape index (κ2) is 5.03. The van der Waals surface area contributed by atoms with Gasteiger partial charge in [0.2, 0.25) is 0 Å². The number of aryl methyl sites for hydroxylation is 2. The van der Waals surface area contributed by atoms with Crippen LogP contribution in [-0.4, -0.2) is 18.2 Å². The van der Waals surface area contributed by atoms with Gasteiger partial charge in [-0.05, 0) is 36.0 Å². The first-order valence-corrected chi connectivity index (χ1v) is 5.60. The number of aliphatic hydroxyl groups excluding tert-OH is 1. The lowest BCUT2D eigenvalue weighted by Gasteiger charge is -2.06. The number of carbonyl (C=O) groups is 1. The summed E-state index contributed by atoms with van der Waals surface area (Å²) in [4.78, 5) is 10.8. The van der Waals surface area contributed by atoms with Gasteiger partial charge in [0.25, 0.3) is 0 Å². The average molecular weight is 230 g/mol. The molecule has 3 heteroatoms. The largest absolute Gasteiger partial charge is 0.459 e. The first kappa shape index (κ1) is 11.7. The minimum Gasteiger partial charge on any atom is -0.459 e. The van der Waals surface area contributed by atoms with Crippen molar-refractivity contribution in [2.24, 2.45) is 0 Å². The smallest absolute Gasteiger partial charge is 0.384 e. The van der Waals surface area contributed by atoms with E-state index in [-0.39, 0.29) is 0 Å². The maximum absolute atomic E-state index is 10.8. The van der Waals surface area contributed by atoms with E-state index in [4.69, 9.17) is 0 Å². The van der Waals surface area contributed by atoms with Gasteiger partial charge in [0.05, 0.1) is 7.11 Å². The Morgan fingerprint density at radius 3 is 2.94 bits per heavy atom. The Labute approximate surface area is 100 Å². The third kappa shape index (κ3) is 2.66. The molecular formula is C14H14O3. The summed E-state index contributed by atoms with van der Waals surface area (Å²) in [5.41, 5.74) is 3.37. The van der Waals surface area contributed by atoms with Crippen molar-refractivity contribution < 1.29 is 14.6 Å². The van der Waals surface area contributed by atoms with Gasteiger partial charge >= 0.3 is 5.97 Å². The zero-order valence-corrected chi connectivity index (χ0v) is 9.69. The van der Waals surface area contributed by atoms with Crippen LogP contribution in [0.5, 0.6) is 0 Å². The van der Waals surface area contributed by atoms with Gasteiger partial charge in [-0.2, -0.15) is 0 Å². The molecule has 2 rings (SSSR count). The van der Waals surface area contributed by atoms with Crippen LogP contribution in [0.15, 0.2) is 18.2 Å². The second-order valence-corrected chi connectivity index (χ2v) is 4.05. The van der Waals surface area contributed by atoms with E-state index in [1.807, 2.05) is 18.2 Å². The maximum atomic E-state index is 10.8. The molecule has 1 atom stereocenters. The van der Waals surface area contributed by atoms with E-state index >= 15 is 0 Å². The van der Waals surface area contributed by atoms with Crippen molar-refractivity contribution >= 4 is 5.97 Å². The molecule has 1 aliphatic carbocycles. The number of carbonyl (C=O) groups excluding carboxylic acids is 1. The molecule has 0 amide bonds. The SMILES string of the molecule is COC(=O)C#CC(O)c1ccc2c(c1)CCC2. The topological polar surface area (TPSA) is 46.5 Å². The molecule has 1 N–H and O–H groups in total. The zero-order chi connectivity index (χ0) is 12.3. The molecule has 1 unspecified atom stereocenters. The number of fused-ring (bicyclic) bond motifs is 1. The van der Waals surface area contributed by atoms with E-state index in [0.29, 0.717) is 0 Å². The van der Waals surface area contributed by atoms with Gasteiger partial charge in [-0.15, -0.1) is 0 Å². The van der Waals surface area contributed by atoms with Crippen LogP contribution in [0.2, 0.25) is 0 Å². The normalized spacial score (nSPS) is 14.5. The minimum atomic E-state index is -0.931. The number of esters is 1. The Hall–Kier alpha value is -1.79. The highest BCUT2D eigenvalue weighted by Crippen LogP contribution is 2.25. The van der Waals surface area contributed by atoms with E-state index in [0.717, 1.165) is 18.4 Å². The third-order valence-corrected chi connectivity index (χ3v) is 2.93. The van der Waals surface area contributed by atoms with Crippen LogP contribution in [0.1, 0.15) is 29.2 Å². The van der Waals surface area contributed by atoms with Crippen molar-refractivity contribution in [2.45, 2.75) is 25.4 Å². The minimum absolute atomic E-state index is 0.634. The quantitative estimate of drug-likeness (QED) is 0.450. The summed E-state index contributed by atoms with van der Waals surface area (Å²) in [7, 11) is 1.26. The van der Waals surface area contributed by atoms with Gasteiger partial charge in [-0.3, -0.25) is 0 Å². The Balaban J connectivity index is 2.16. The Bertz CT molecular complexity index is 494. The summed E-state index contributed by atoms with van der Waals surface area (Å²) in [6.07, 6.45) is 2.41. The highest BCUT2D eigenvalue weighted by atomic mass is 16.5. The van der Waals surface area contributed by atoms with Crippen molar-refractivity contribution in [3.05, 3.63) is 34.9 Å². The molecule has 0 aromatic heterocycles. The summed E-state index contributed by atoms with van der Waals surface area (Å²) >= 11 is 0. The molecule has 0 radical (unpaired) electrons. The van der Waals surface area contributed by atoms with Crippen LogP contribution in [0, 0.1) is 11.8 Å². The molecule has 0 saturated carbocycles. The standard InChI is InChI=1S/C14H14O3/c1-17-14(16)8-7-13(15)12-6-5-10-3-2-4-11(10)9-12/h5-6,9,13,15H,2-4H2,1H3. The highest BCUT2D eigenvalue weighted by Gasteiger charge is 2.13. The Morgan fingerprint density at radius 1 is 1.41 bits per heavy atom. The van der Waals surface area contributed by atoms with Gasteiger partial charge in [0, 0.05) is 5.92 Å². The Morgan fingerprint density at radius 2 is 2.18 bits per heavy atom. The van der Waals surface area contributed by atoms with Gasteiger partial charge in [0.15, 0.2) is 0 Å². The number of methoxy groups -OCH3 is 1. The number of benzene rings is 1. The number of hydrogen-bond acceptors (Lipinski definition) is 3. The molecule has 1 aliphatic rings. The molecule has 17 heavy (non-hydrogen) atoms. The van der Waals surface area contributed by atoms with Crippen molar-refractivity contribution in [3.63, 3.8) is 0 Å².